The van der Waals surface area contributed by atoms with Gasteiger partial charge < -0.3 is 9.64 Å². The summed E-state index contributed by atoms with van der Waals surface area (Å²) in [6, 6.07) is 0. The van der Waals surface area contributed by atoms with Crippen molar-refractivity contribution in [2.24, 2.45) is 17.8 Å². The van der Waals surface area contributed by atoms with E-state index in [2.05, 4.69) is 0 Å². The first-order valence-corrected chi connectivity index (χ1v) is 11.1. The Kier molecular flexibility index (Phi) is 5.82. The molecule has 1 amide bonds. The predicted octanol–water partition coefficient (Wildman–Crippen LogP) is 1.32. The highest BCUT2D eigenvalue weighted by atomic mass is 32.2. The molecule has 0 aromatic rings. The molecule has 3 atom stereocenters. The highest BCUT2D eigenvalue weighted by molar-refractivity contribution is 7.88. The first-order valence-electron chi connectivity index (χ1n) is 9.27. The van der Waals surface area contributed by atoms with Crippen molar-refractivity contribution in [1.29, 1.82) is 0 Å². The molecule has 7 heteroatoms. The Hall–Kier alpha value is -0.660. The molecule has 3 rings (SSSR count). The summed E-state index contributed by atoms with van der Waals surface area (Å²) in [4.78, 5) is 15.0. The molecule has 24 heavy (non-hydrogen) atoms. The van der Waals surface area contributed by atoms with Crippen LogP contribution >= 0.6 is 0 Å². The van der Waals surface area contributed by atoms with Crippen molar-refractivity contribution in [2.75, 3.05) is 45.6 Å². The highest BCUT2D eigenvalue weighted by Crippen LogP contribution is 2.30. The van der Waals surface area contributed by atoms with Gasteiger partial charge in [-0.1, -0.05) is 6.42 Å². The van der Waals surface area contributed by atoms with E-state index in [4.69, 9.17) is 4.74 Å². The summed E-state index contributed by atoms with van der Waals surface area (Å²) >= 11 is 0. The first-order chi connectivity index (χ1) is 11.4. The third-order valence-corrected chi connectivity index (χ3v) is 7.12. The predicted molar refractivity (Wildman–Crippen MR) is 92.0 cm³/mol. The molecule has 3 aliphatic rings. The highest BCUT2D eigenvalue weighted by Gasteiger charge is 2.35. The van der Waals surface area contributed by atoms with Crippen molar-refractivity contribution in [1.82, 2.24) is 9.21 Å². The zero-order chi connectivity index (χ0) is 17.2. The smallest absolute Gasteiger partial charge is 0.227 e. The minimum Gasteiger partial charge on any atom is -0.381 e. The molecule has 0 bridgehead atoms. The summed E-state index contributed by atoms with van der Waals surface area (Å²) in [6.45, 7) is 4.22. The van der Waals surface area contributed by atoms with Gasteiger partial charge in [-0.3, -0.25) is 4.79 Å². The number of piperidine rings is 1. The second kappa shape index (κ2) is 7.70. The summed E-state index contributed by atoms with van der Waals surface area (Å²) in [6.07, 6.45) is 7.33. The van der Waals surface area contributed by atoms with E-state index < -0.39 is 10.0 Å². The zero-order valence-corrected chi connectivity index (χ0v) is 15.5. The summed E-state index contributed by atoms with van der Waals surface area (Å²) in [5.74, 6) is 1.10. The van der Waals surface area contributed by atoms with E-state index >= 15 is 0 Å². The lowest BCUT2D eigenvalue weighted by Crippen LogP contribution is -2.47. The van der Waals surface area contributed by atoms with Crippen LogP contribution in [-0.2, 0) is 19.6 Å². The molecule has 0 N–H and O–H groups in total. The third-order valence-electron chi connectivity index (χ3n) is 5.85. The topological polar surface area (TPSA) is 66.9 Å². The van der Waals surface area contributed by atoms with Gasteiger partial charge in [-0.2, -0.15) is 0 Å². The number of rotatable bonds is 3. The fourth-order valence-corrected chi connectivity index (χ4v) is 5.30. The number of amides is 1. The molecule has 0 saturated carbocycles. The van der Waals surface area contributed by atoms with Gasteiger partial charge in [0.05, 0.1) is 12.2 Å². The van der Waals surface area contributed by atoms with Crippen molar-refractivity contribution in [3.63, 3.8) is 0 Å². The normalized spacial score (nSPS) is 33.4. The SMILES string of the molecule is CS(=O)(=O)N1CCC[C@H](C(=O)N2CCCCC(C3CCOC3)C2)C1. The van der Waals surface area contributed by atoms with E-state index in [0.29, 0.717) is 24.9 Å². The summed E-state index contributed by atoms with van der Waals surface area (Å²) in [7, 11) is -3.21. The number of hydrogen-bond donors (Lipinski definition) is 0. The Labute approximate surface area is 145 Å². The molecular formula is C17H30N2O4S. The standard InChI is InChI=1S/C17H30N2O4S/c1-24(21,22)19-9-4-6-15(12-19)17(20)18-8-3-2-5-14(11-18)16-7-10-23-13-16/h14-16H,2-13H2,1H3/t14?,15-,16?/m0/s1. The van der Waals surface area contributed by atoms with Crippen LogP contribution in [-0.4, -0.2) is 69.2 Å². The van der Waals surface area contributed by atoms with Gasteiger partial charge in [-0.25, -0.2) is 12.7 Å². The molecule has 138 valence electrons. The van der Waals surface area contributed by atoms with Crippen molar-refractivity contribution in [2.45, 2.75) is 38.5 Å². The van der Waals surface area contributed by atoms with E-state index in [1.54, 1.807) is 0 Å². The van der Waals surface area contributed by atoms with E-state index in [0.717, 1.165) is 52.0 Å². The first kappa shape index (κ1) is 18.1. The molecule has 0 aliphatic carbocycles. The lowest BCUT2D eigenvalue weighted by molar-refractivity contribution is -0.137. The Bertz CT molecular complexity index is 545. The molecule has 3 aliphatic heterocycles. The Morgan fingerprint density at radius 1 is 1.00 bits per heavy atom. The van der Waals surface area contributed by atoms with E-state index in [1.165, 1.54) is 23.4 Å². The van der Waals surface area contributed by atoms with Gasteiger partial charge >= 0.3 is 0 Å². The van der Waals surface area contributed by atoms with Crippen LogP contribution in [0.2, 0.25) is 0 Å². The van der Waals surface area contributed by atoms with E-state index in [-0.39, 0.29) is 11.8 Å². The van der Waals surface area contributed by atoms with Gasteiger partial charge in [0.25, 0.3) is 0 Å². The second-order valence-corrected chi connectivity index (χ2v) is 9.61. The minimum atomic E-state index is -3.21. The van der Waals surface area contributed by atoms with Gasteiger partial charge in [0, 0.05) is 39.4 Å². The van der Waals surface area contributed by atoms with Crippen molar-refractivity contribution >= 4 is 15.9 Å². The van der Waals surface area contributed by atoms with Crippen LogP contribution in [0.3, 0.4) is 0 Å². The number of ether oxygens (including phenoxy) is 1. The maximum absolute atomic E-state index is 13.0. The van der Waals surface area contributed by atoms with Crippen LogP contribution in [0.1, 0.15) is 38.5 Å². The molecule has 3 saturated heterocycles. The summed E-state index contributed by atoms with van der Waals surface area (Å²) in [5.41, 5.74) is 0. The number of sulfonamides is 1. The Balaban J connectivity index is 1.64. The Morgan fingerprint density at radius 2 is 1.83 bits per heavy atom. The van der Waals surface area contributed by atoms with Crippen molar-refractivity contribution in [3.8, 4) is 0 Å². The number of hydrogen-bond acceptors (Lipinski definition) is 4. The zero-order valence-electron chi connectivity index (χ0n) is 14.7. The van der Waals surface area contributed by atoms with Gasteiger partial charge in [-0.15, -0.1) is 0 Å². The number of carbonyl (C=O) groups is 1. The largest absolute Gasteiger partial charge is 0.381 e. The van der Waals surface area contributed by atoms with Gasteiger partial charge in [0.15, 0.2) is 0 Å². The summed E-state index contributed by atoms with van der Waals surface area (Å²) in [5, 5.41) is 0. The Morgan fingerprint density at radius 3 is 2.54 bits per heavy atom. The van der Waals surface area contributed by atoms with Crippen LogP contribution in [0.4, 0.5) is 0 Å². The number of carbonyl (C=O) groups excluding carboxylic acids is 1. The number of likely N-dealkylation sites (tertiary alicyclic amines) is 1. The second-order valence-electron chi connectivity index (χ2n) is 7.62. The monoisotopic (exact) mass is 358 g/mol. The fourth-order valence-electron chi connectivity index (χ4n) is 4.39. The van der Waals surface area contributed by atoms with Crippen LogP contribution in [0.5, 0.6) is 0 Å². The van der Waals surface area contributed by atoms with Crippen LogP contribution < -0.4 is 0 Å². The van der Waals surface area contributed by atoms with Gasteiger partial charge in [-0.05, 0) is 43.9 Å². The average Bonchev–Trinajstić information content (AvgIpc) is 2.98. The number of nitrogens with zero attached hydrogens (tertiary/aromatic N) is 2. The van der Waals surface area contributed by atoms with E-state index in [1.807, 2.05) is 4.90 Å². The summed E-state index contributed by atoms with van der Waals surface area (Å²) < 4.78 is 30.6. The van der Waals surface area contributed by atoms with Crippen LogP contribution in [0, 0.1) is 17.8 Å². The molecule has 0 aromatic heterocycles. The lowest BCUT2D eigenvalue weighted by Gasteiger charge is -2.35. The van der Waals surface area contributed by atoms with Gasteiger partial charge in [0.1, 0.15) is 0 Å². The minimum absolute atomic E-state index is 0.161. The van der Waals surface area contributed by atoms with Crippen LogP contribution in [0.25, 0.3) is 0 Å². The maximum Gasteiger partial charge on any atom is 0.227 e. The fraction of sp³-hybridized carbons (Fsp3) is 0.941. The van der Waals surface area contributed by atoms with Crippen molar-refractivity contribution in [3.05, 3.63) is 0 Å². The third kappa shape index (κ3) is 4.29. The molecule has 6 nitrogen and oxygen atoms in total. The van der Waals surface area contributed by atoms with Gasteiger partial charge in [0.2, 0.25) is 15.9 Å². The molecule has 3 fully saturated rings. The molecule has 0 aromatic carbocycles. The molecule has 2 unspecified atom stereocenters. The average molecular weight is 359 g/mol. The van der Waals surface area contributed by atoms with Crippen LogP contribution in [0.15, 0.2) is 0 Å². The maximum atomic E-state index is 13.0. The molecule has 0 radical (unpaired) electrons. The molecule has 3 heterocycles. The van der Waals surface area contributed by atoms with Crippen molar-refractivity contribution < 1.29 is 17.9 Å². The molecular weight excluding hydrogens is 328 g/mol. The quantitative estimate of drug-likeness (QED) is 0.763. The lowest BCUT2D eigenvalue weighted by atomic mass is 9.87. The molecule has 0 spiro atoms. The van der Waals surface area contributed by atoms with E-state index in [9.17, 15) is 13.2 Å².